The standard InChI is InChI=1S/C37H50O14/c1-22(38)45-30(33(39)40-6)27(29-32(34(41-7)42-8)51-37(4,5)50-29)47-35-31(44-20-24-17-13-10-14-18-24)28-26(48-36(2,3)49-28)25(46-35)21-43-19-23-15-11-9-12-16-23/h9-18,25-32,34-35H,19-21H2,1-8H3/t25-,26+,27+,28+,29+,30+,31-,32-,35+/m1/s1. The Balaban J connectivity index is 1.53. The van der Waals surface area contributed by atoms with Crippen LogP contribution < -0.4 is 0 Å². The molecule has 3 heterocycles. The van der Waals surface area contributed by atoms with Gasteiger partial charge in [0.15, 0.2) is 24.2 Å². The molecule has 14 nitrogen and oxygen atoms in total. The van der Waals surface area contributed by atoms with E-state index in [1.165, 1.54) is 28.3 Å². The lowest BCUT2D eigenvalue weighted by Crippen LogP contribution is -2.62. The summed E-state index contributed by atoms with van der Waals surface area (Å²) in [6.07, 6.45) is -10.3. The van der Waals surface area contributed by atoms with Crippen molar-refractivity contribution < 1.29 is 66.4 Å². The first-order valence-corrected chi connectivity index (χ1v) is 16.9. The summed E-state index contributed by atoms with van der Waals surface area (Å²) in [6, 6.07) is 19.3. The first-order valence-electron chi connectivity index (χ1n) is 16.9. The van der Waals surface area contributed by atoms with Crippen molar-refractivity contribution in [2.24, 2.45) is 0 Å². The molecule has 0 aliphatic carbocycles. The quantitative estimate of drug-likeness (QED) is 0.184. The molecule has 0 N–H and O–H groups in total. The summed E-state index contributed by atoms with van der Waals surface area (Å²) in [5, 5.41) is 0. The number of benzene rings is 2. The molecule has 2 aromatic carbocycles. The summed E-state index contributed by atoms with van der Waals surface area (Å²) >= 11 is 0. The molecule has 3 aliphatic rings. The minimum Gasteiger partial charge on any atom is -0.466 e. The fourth-order valence-corrected chi connectivity index (χ4v) is 6.56. The van der Waals surface area contributed by atoms with Crippen molar-refractivity contribution in [3.63, 3.8) is 0 Å². The van der Waals surface area contributed by atoms with Gasteiger partial charge in [0.25, 0.3) is 0 Å². The second-order valence-corrected chi connectivity index (χ2v) is 13.4. The molecule has 3 aliphatic heterocycles. The molecule has 3 fully saturated rings. The Bertz CT molecular complexity index is 1400. The van der Waals surface area contributed by atoms with Crippen molar-refractivity contribution in [2.75, 3.05) is 27.9 Å². The molecular formula is C37H50O14. The predicted octanol–water partition coefficient (Wildman–Crippen LogP) is 3.66. The van der Waals surface area contributed by atoms with E-state index in [1.807, 2.05) is 60.7 Å². The number of hydrogen-bond donors (Lipinski definition) is 0. The monoisotopic (exact) mass is 718 g/mol. The van der Waals surface area contributed by atoms with Crippen LogP contribution >= 0.6 is 0 Å². The van der Waals surface area contributed by atoms with Crippen LogP contribution in [0.3, 0.4) is 0 Å². The van der Waals surface area contributed by atoms with Gasteiger partial charge >= 0.3 is 11.9 Å². The van der Waals surface area contributed by atoms with Crippen molar-refractivity contribution in [3.8, 4) is 0 Å². The Morgan fingerprint density at radius 3 is 1.92 bits per heavy atom. The van der Waals surface area contributed by atoms with Crippen molar-refractivity contribution in [1.29, 1.82) is 0 Å². The van der Waals surface area contributed by atoms with E-state index >= 15 is 0 Å². The zero-order valence-electron chi connectivity index (χ0n) is 30.4. The lowest BCUT2D eigenvalue weighted by atomic mass is 9.97. The summed E-state index contributed by atoms with van der Waals surface area (Å²) in [5.74, 6) is -3.85. The third-order valence-electron chi connectivity index (χ3n) is 8.65. The van der Waals surface area contributed by atoms with Crippen LogP contribution in [0.2, 0.25) is 0 Å². The number of ether oxygens (including phenoxy) is 12. The van der Waals surface area contributed by atoms with E-state index in [4.69, 9.17) is 56.8 Å². The third kappa shape index (κ3) is 9.90. The van der Waals surface area contributed by atoms with Crippen LogP contribution in [0.4, 0.5) is 0 Å². The van der Waals surface area contributed by atoms with Gasteiger partial charge in [-0.25, -0.2) is 4.79 Å². The topological polar surface area (TPSA) is 145 Å². The number of rotatable bonds is 16. The van der Waals surface area contributed by atoms with E-state index in [0.29, 0.717) is 6.61 Å². The number of esters is 2. The Hall–Kier alpha value is -3.02. The Labute approximate surface area is 298 Å². The Morgan fingerprint density at radius 2 is 1.33 bits per heavy atom. The van der Waals surface area contributed by atoms with Gasteiger partial charge in [0.2, 0.25) is 6.10 Å². The summed E-state index contributed by atoms with van der Waals surface area (Å²) < 4.78 is 73.3. The van der Waals surface area contributed by atoms with Crippen molar-refractivity contribution >= 4 is 11.9 Å². The minimum absolute atomic E-state index is 0.101. The van der Waals surface area contributed by atoms with E-state index in [1.54, 1.807) is 27.7 Å². The molecule has 0 aromatic heterocycles. The molecule has 0 spiro atoms. The predicted molar refractivity (Wildman–Crippen MR) is 178 cm³/mol. The smallest absolute Gasteiger partial charge is 0.350 e. The molecule has 0 bridgehead atoms. The Morgan fingerprint density at radius 1 is 0.765 bits per heavy atom. The number of methoxy groups -OCH3 is 3. The van der Waals surface area contributed by atoms with Gasteiger partial charge in [0, 0.05) is 21.1 Å². The zero-order valence-corrected chi connectivity index (χ0v) is 30.4. The normalized spacial score (nSPS) is 29.3. The first kappa shape index (κ1) is 39.2. The third-order valence-corrected chi connectivity index (χ3v) is 8.65. The highest BCUT2D eigenvalue weighted by molar-refractivity contribution is 5.79. The summed E-state index contributed by atoms with van der Waals surface area (Å²) in [4.78, 5) is 25.8. The number of hydrogen-bond acceptors (Lipinski definition) is 14. The van der Waals surface area contributed by atoms with Gasteiger partial charge in [0.05, 0.1) is 26.9 Å². The van der Waals surface area contributed by atoms with Crippen LogP contribution in [0, 0.1) is 0 Å². The van der Waals surface area contributed by atoms with Crippen LogP contribution in [-0.4, -0.2) is 113 Å². The molecule has 9 atom stereocenters. The number of carbonyl (C=O) groups is 2. The van der Waals surface area contributed by atoms with Crippen LogP contribution in [0.5, 0.6) is 0 Å². The average Bonchev–Trinajstić information content (AvgIpc) is 3.61. The largest absolute Gasteiger partial charge is 0.466 e. The highest BCUT2D eigenvalue weighted by Crippen LogP contribution is 2.42. The van der Waals surface area contributed by atoms with E-state index in [9.17, 15) is 9.59 Å². The fourth-order valence-electron chi connectivity index (χ4n) is 6.56. The molecule has 0 unspecified atom stereocenters. The highest BCUT2D eigenvalue weighted by Gasteiger charge is 2.60. The van der Waals surface area contributed by atoms with Gasteiger partial charge in [-0.1, -0.05) is 60.7 Å². The molecule has 5 rings (SSSR count). The molecule has 3 saturated heterocycles. The molecule has 2 aromatic rings. The maximum Gasteiger partial charge on any atom is 0.350 e. The van der Waals surface area contributed by atoms with Gasteiger partial charge < -0.3 is 56.8 Å². The molecule has 0 radical (unpaired) electrons. The molecule has 0 amide bonds. The van der Waals surface area contributed by atoms with Gasteiger partial charge in [-0.2, -0.15) is 0 Å². The first-order chi connectivity index (χ1) is 24.3. The van der Waals surface area contributed by atoms with Gasteiger partial charge in [-0.05, 0) is 38.8 Å². The van der Waals surface area contributed by atoms with Crippen molar-refractivity contribution in [1.82, 2.24) is 0 Å². The summed E-state index contributed by atoms with van der Waals surface area (Å²) in [5.41, 5.74) is 1.87. The highest BCUT2D eigenvalue weighted by atomic mass is 16.8. The van der Waals surface area contributed by atoms with Crippen LogP contribution in [0.1, 0.15) is 45.7 Å². The second-order valence-electron chi connectivity index (χ2n) is 13.4. The SMILES string of the molecule is COC(=O)[C@@H](OC(C)=O)[C@@H](O[C@@H]1O[C@H](COCc2ccccc2)[C@@H]2OC(C)(C)O[C@@H]2[C@H]1OCc1ccccc1)[C@@H]1OC(C)(C)O[C@H]1C(OC)OC. The molecule has 14 heteroatoms. The maximum absolute atomic E-state index is 13.4. The minimum atomic E-state index is -1.63. The van der Waals surface area contributed by atoms with Crippen molar-refractivity contribution in [2.45, 2.75) is 121 Å². The van der Waals surface area contributed by atoms with Gasteiger partial charge in [-0.3, -0.25) is 4.79 Å². The summed E-state index contributed by atoms with van der Waals surface area (Å²) in [6.45, 7) is 8.76. The maximum atomic E-state index is 13.4. The molecule has 282 valence electrons. The van der Waals surface area contributed by atoms with E-state index < -0.39 is 84.9 Å². The molecule has 51 heavy (non-hydrogen) atoms. The van der Waals surface area contributed by atoms with Gasteiger partial charge in [-0.15, -0.1) is 0 Å². The molecular weight excluding hydrogens is 668 g/mol. The van der Waals surface area contributed by atoms with E-state index in [0.717, 1.165) is 11.1 Å². The number of fused-ring (bicyclic) bond motifs is 1. The lowest BCUT2D eigenvalue weighted by molar-refractivity contribution is -0.323. The van der Waals surface area contributed by atoms with Crippen LogP contribution in [0.15, 0.2) is 60.7 Å². The van der Waals surface area contributed by atoms with Gasteiger partial charge in [0.1, 0.15) is 42.7 Å². The second kappa shape index (κ2) is 17.2. The number of carbonyl (C=O) groups excluding carboxylic acids is 2. The molecule has 0 saturated carbocycles. The van der Waals surface area contributed by atoms with Crippen LogP contribution in [-0.2, 0) is 79.6 Å². The Kier molecular flexibility index (Phi) is 13.2. The fraction of sp³-hybridized carbons (Fsp3) is 0.622. The zero-order chi connectivity index (χ0) is 36.8. The van der Waals surface area contributed by atoms with E-state index in [2.05, 4.69) is 0 Å². The van der Waals surface area contributed by atoms with Crippen LogP contribution in [0.25, 0.3) is 0 Å². The van der Waals surface area contributed by atoms with E-state index in [-0.39, 0.29) is 13.2 Å². The summed E-state index contributed by atoms with van der Waals surface area (Å²) in [7, 11) is 4.06. The lowest BCUT2D eigenvalue weighted by Gasteiger charge is -2.44. The average molecular weight is 719 g/mol. The van der Waals surface area contributed by atoms with Crippen molar-refractivity contribution in [3.05, 3.63) is 71.8 Å².